The minimum atomic E-state index is 1.05. The lowest BCUT2D eigenvalue weighted by Gasteiger charge is -2.28. The molecule has 6 rings (SSSR count). The van der Waals surface area contributed by atoms with Gasteiger partial charge in [-0.15, -0.1) is 0 Å². The third-order valence-corrected chi connectivity index (χ3v) is 7.23. The van der Waals surface area contributed by atoms with Gasteiger partial charge in [-0.2, -0.15) is 0 Å². The molecule has 0 heterocycles. The van der Waals surface area contributed by atoms with Crippen molar-refractivity contribution in [1.82, 2.24) is 0 Å². The van der Waals surface area contributed by atoms with E-state index in [0.29, 0.717) is 0 Å². The molecule has 2 nitrogen and oxygen atoms in total. The van der Waals surface area contributed by atoms with Crippen molar-refractivity contribution in [2.45, 2.75) is 13.3 Å². The lowest BCUT2D eigenvalue weighted by Crippen LogP contribution is -2.12. The van der Waals surface area contributed by atoms with Gasteiger partial charge >= 0.3 is 0 Å². The van der Waals surface area contributed by atoms with E-state index in [9.17, 15) is 0 Å². The Morgan fingerprint density at radius 1 is 0.325 bits per heavy atom. The number of hydrogen-bond donors (Lipinski definition) is 0. The van der Waals surface area contributed by atoms with Gasteiger partial charge in [-0.3, -0.25) is 0 Å². The third kappa shape index (κ3) is 5.39. The molecule has 0 N–H and O–H groups in total. The molecule has 0 bridgehead atoms. The number of hydrogen-bond acceptors (Lipinski definition) is 2. The maximum absolute atomic E-state index is 2.31. The van der Waals surface area contributed by atoms with Crippen molar-refractivity contribution in [1.29, 1.82) is 0 Å². The van der Waals surface area contributed by atoms with E-state index in [4.69, 9.17) is 0 Å². The first kappa shape index (κ1) is 25.2. The number of rotatable bonds is 8. The largest absolute Gasteiger partial charge is 0.311 e. The highest BCUT2D eigenvalue weighted by Gasteiger charge is 2.15. The highest BCUT2D eigenvalue weighted by Crippen LogP contribution is 2.39. The van der Waals surface area contributed by atoms with Gasteiger partial charge in [-0.25, -0.2) is 0 Å². The zero-order valence-corrected chi connectivity index (χ0v) is 22.7. The van der Waals surface area contributed by atoms with E-state index in [1.165, 1.54) is 16.7 Å². The van der Waals surface area contributed by atoms with Gasteiger partial charge in [0.2, 0.25) is 0 Å². The topological polar surface area (TPSA) is 6.48 Å². The minimum Gasteiger partial charge on any atom is -0.311 e. The van der Waals surface area contributed by atoms with Crippen molar-refractivity contribution in [2.75, 3.05) is 9.80 Å². The molecular formula is C38H32N2. The van der Waals surface area contributed by atoms with E-state index in [0.717, 1.165) is 40.5 Å². The van der Waals surface area contributed by atoms with Gasteiger partial charge in [0.05, 0.1) is 0 Å². The zero-order valence-electron chi connectivity index (χ0n) is 22.7. The summed E-state index contributed by atoms with van der Waals surface area (Å²) in [5.41, 5.74) is 10.5. The molecule has 0 amide bonds. The first-order chi connectivity index (χ1) is 19.8. The predicted molar refractivity (Wildman–Crippen MR) is 171 cm³/mol. The number of nitrogens with zero attached hydrogens (tertiary/aromatic N) is 2. The molecule has 40 heavy (non-hydrogen) atoms. The lowest BCUT2D eigenvalue weighted by molar-refractivity contribution is 1.14. The summed E-state index contributed by atoms with van der Waals surface area (Å²) in [6.07, 6.45) is 1.05. The van der Waals surface area contributed by atoms with Gasteiger partial charge in [0.25, 0.3) is 0 Å². The van der Waals surface area contributed by atoms with Crippen molar-refractivity contribution in [3.05, 3.63) is 169 Å². The van der Waals surface area contributed by atoms with E-state index in [2.05, 4.69) is 181 Å². The molecule has 0 saturated carbocycles. The molecule has 0 aromatic heterocycles. The molecule has 0 aliphatic carbocycles. The summed E-state index contributed by atoms with van der Waals surface area (Å²) < 4.78 is 0. The standard InChI is InChI=1S/C38H32N2/c1-2-30-18-20-31(21-19-30)32-22-24-36(25-23-32)40(35-16-10-5-11-17-35)38-28-26-37(27-29-38)39(33-12-6-3-7-13-33)34-14-8-4-9-15-34/h3-29H,2H2,1H3. The van der Waals surface area contributed by atoms with E-state index >= 15 is 0 Å². The SMILES string of the molecule is CCc1ccc(-c2ccc(N(c3ccccc3)c3ccc(N(c4ccccc4)c4ccccc4)cc3)cc2)cc1. The van der Waals surface area contributed by atoms with Crippen LogP contribution in [0.2, 0.25) is 0 Å². The van der Waals surface area contributed by atoms with Crippen molar-refractivity contribution < 1.29 is 0 Å². The summed E-state index contributed by atoms with van der Waals surface area (Å²) in [5, 5.41) is 0. The molecule has 0 aliphatic rings. The van der Waals surface area contributed by atoms with Gasteiger partial charge in [-0.05, 0) is 95.9 Å². The van der Waals surface area contributed by atoms with E-state index in [-0.39, 0.29) is 0 Å². The number of benzene rings is 6. The van der Waals surface area contributed by atoms with Crippen LogP contribution in [0.5, 0.6) is 0 Å². The molecule has 0 atom stereocenters. The molecule has 0 radical (unpaired) electrons. The fourth-order valence-corrected chi connectivity index (χ4v) is 5.11. The Balaban J connectivity index is 1.36. The van der Waals surface area contributed by atoms with E-state index in [1.54, 1.807) is 0 Å². The average Bonchev–Trinajstić information content (AvgIpc) is 3.04. The molecule has 0 unspecified atom stereocenters. The van der Waals surface area contributed by atoms with Gasteiger partial charge in [0.15, 0.2) is 0 Å². The third-order valence-electron chi connectivity index (χ3n) is 7.23. The Labute approximate surface area is 237 Å². The molecule has 0 fully saturated rings. The van der Waals surface area contributed by atoms with Crippen LogP contribution in [-0.4, -0.2) is 0 Å². The molecule has 2 heteroatoms. The van der Waals surface area contributed by atoms with Crippen LogP contribution in [0.4, 0.5) is 34.1 Å². The molecule has 6 aromatic carbocycles. The zero-order chi connectivity index (χ0) is 27.1. The Hall–Kier alpha value is -5.08. The number of para-hydroxylation sites is 3. The summed E-state index contributed by atoms with van der Waals surface area (Å²) >= 11 is 0. The predicted octanol–water partition coefficient (Wildman–Crippen LogP) is 10.9. The second-order valence-electron chi connectivity index (χ2n) is 9.79. The molecule has 0 aliphatic heterocycles. The smallest absolute Gasteiger partial charge is 0.0463 e. The van der Waals surface area contributed by atoms with Crippen LogP contribution in [0.15, 0.2) is 164 Å². The minimum absolute atomic E-state index is 1.05. The van der Waals surface area contributed by atoms with Crippen molar-refractivity contribution in [3.63, 3.8) is 0 Å². The molecular weight excluding hydrogens is 484 g/mol. The average molecular weight is 517 g/mol. The molecule has 194 valence electrons. The molecule has 0 saturated heterocycles. The van der Waals surface area contributed by atoms with Crippen LogP contribution in [0.25, 0.3) is 11.1 Å². The maximum Gasteiger partial charge on any atom is 0.0463 e. The van der Waals surface area contributed by atoms with Crippen molar-refractivity contribution >= 4 is 34.1 Å². The lowest BCUT2D eigenvalue weighted by atomic mass is 10.0. The van der Waals surface area contributed by atoms with E-state index < -0.39 is 0 Å². The summed E-state index contributed by atoms with van der Waals surface area (Å²) in [6.45, 7) is 2.19. The fraction of sp³-hybridized carbons (Fsp3) is 0.0526. The number of aryl methyl sites for hydroxylation is 1. The fourth-order valence-electron chi connectivity index (χ4n) is 5.11. The van der Waals surface area contributed by atoms with Crippen LogP contribution in [-0.2, 0) is 6.42 Å². The second kappa shape index (κ2) is 11.8. The van der Waals surface area contributed by atoms with Crippen LogP contribution in [0, 0.1) is 0 Å². The van der Waals surface area contributed by atoms with Crippen molar-refractivity contribution in [3.8, 4) is 11.1 Å². The van der Waals surface area contributed by atoms with Gasteiger partial charge in [0, 0.05) is 34.1 Å². The van der Waals surface area contributed by atoms with Gasteiger partial charge in [0.1, 0.15) is 0 Å². The van der Waals surface area contributed by atoms with Crippen LogP contribution in [0.1, 0.15) is 12.5 Å². The monoisotopic (exact) mass is 516 g/mol. The quantitative estimate of drug-likeness (QED) is 0.198. The summed E-state index contributed by atoms with van der Waals surface area (Å²) in [7, 11) is 0. The van der Waals surface area contributed by atoms with Gasteiger partial charge < -0.3 is 9.80 Å². The first-order valence-electron chi connectivity index (χ1n) is 13.8. The summed E-state index contributed by atoms with van der Waals surface area (Å²) in [5.74, 6) is 0. The van der Waals surface area contributed by atoms with Gasteiger partial charge in [-0.1, -0.05) is 97.9 Å². The Morgan fingerprint density at radius 3 is 0.925 bits per heavy atom. The first-order valence-corrected chi connectivity index (χ1v) is 13.8. The molecule has 6 aromatic rings. The Kier molecular flexibility index (Phi) is 7.41. The maximum atomic E-state index is 2.31. The van der Waals surface area contributed by atoms with E-state index in [1.807, 2.05) is 0 Å². The highest BCUT2D eigenvalue weighted by molar-refractivity contribution is 5.81. The Bertz CT molecular complexity index is 1590. The Morgan fingerprint density at radius 2 is 0.600 bits per heavy atom. The summed E-state index contributed by atoms with van der Waals surface area (Å²) in [4.78, 5) is 4.60. The van der Waals surface area contributed by atoms with Crippen LogP contribution in [0.3, 0.4) is 0 Å². The normalized spacial score (nSPS) is 10.7. The highest BCUT2D eigenvalue weighted by atomic mass is 15.2. The van der Waals surface area contributed by atoms with Crippen LogP contribution >= 0.6 is 0 Å². The number of anilines is 6. The van der Waals surface area contributed by atoms with Crippen LogP contribution < -0.4 is 9.80 Å². The van der Waals surface area contributed by atoms with Crippen molar-refractivity contribution in [2.24, 2.45) is 0 Å². The summed E-state index contributed by atoms with van der Waals surface area (Å²) in [6, 6.07) is 58.1. The molecule has 0 spiro atoms. The second-order valence-corrected chi connectivity index (χ2v) is 9.79.